The summed E-state index contributed by atoms with van der Waals surface area (Å²) in [6, 6.07) is 5.06. The molecule has 2 heteroatoms. The highest BCUT2D eigenvalue weighted by Crippen LogP contribution is 2.66. The number of rotatable bonds is 2. The highest BCUT2D eigenvalue weighted by Gasteiger charge is 2.53. The highest BCUT2D eigenvalue weighted by atomic mass is 31.1. The molecule has 2 fully saturated rings. The lowest BCUT2D eigenvalue weighted by molar-refractivity contribution is 0.356. The van der Waals surface area contributed by atoms with Crippen LogP contribution in [0.4, 0.5) is 0 Å². The smallest absolute Gasteiger partial charge is 0.126 e. The third-order valence-electron chi connectivity index (χ3n) is 7.11. The van der Waals surface area contributed by atoms with E-state index < -0.39 is 0 Å². The first kappa shape index (κ1) is 21.2. The van der Waals surface area contributed by atoms with Crippen LogP contribution in [-0.4, -0.2) is 18.9 Å². The molecule has 3 rings (SSSR count). The molecule has 152 valence electrons. The van der Waals surface area contributed by atoms with Crippen LogP contribution in [0.1, 0.15) is 86.3 Å². The molecule has 1 saturated carbocycles. The van der Waals surface area contributed by atoms with Crippen molar-refractivity contribution in [1.29, 1.82) is 0 Å². The van der Waals surface area contributed by atoms with Gasteiger partial charge in [0.1, 0.15) is 5.75 Å². The lowest BCUT2D eigenvalue weighted by atomic mass is 9.79. The number of fused-ring (bicyclic) bond motifs is 1. The fourth-order valence-corrected chi connectivity index (χ4v) is 9.73. The monoisotopic (exact) mass is 388 g/mol. The Balaban J connectivity index is 2.19. The quantitative estimate of drug-likeness (QED) is 0.503. The van der Waals surface area contributed by atoms with Gasteiger partial charge in [-0.1, -0.05) is 70.2 Å². The van der Waals surface area contributed by atoms with Crippen LogP contribution in [0, 0.1) is 17.3 Å². The number of methoxy groups -OCH3 is 1. The van der Waals surface area contributed by atoms with Crippen molar-refractivity contribution in [2.24, 2.45) is 17.3 Å². The molecule has 27 heavy (non-hydrogen) atoms. The Kier molecular flexibility index (Phi) is 5.30. The van der Waals surface area contributed by atoms with Crippen molar-refractivity contribution in [1.82, 2.24) is 0 Å². The lowest BCUT2D eigenvalue weighted by Gasteiger charge is -2.35. The van der Waals surface area contributed by atoms with Crippen molar-refractivity contribution in [3.05, 3.63) is 23.3 Å². The Hall–Kier alpha value is -0.550. The van der Waals surface area contributed by atoms with Crippen molar-refractivity contribution in [2.45, 2.75) is 91.6 Å². The SMILES string of the molecule is COc1c(C(C)(C)C)cc(P2C[C@@H](C)[C@@H]3CCC(C)(C)[C@@H]32)cc1C(C)(C)C. The summed E-state index contributed by atoms with van der Waals surface area (Å²) in [6.45, 7) is 21.5. The molecule has 0 spiro atoms. The number of hydrogen-bond donors (Lipinski definition) is 0. The molecule has 0 amide bonds. The van der Waals surface area contributed by atoms with Crippen molar-refractivity contribution in [3.63, 3.8) is 0 Å². The predicted octanol–water partition coefficient (Wildman–Crippen LogP) is 6.85. The van der Waals surface area contributed by atoms with Gasteiger partial charge in [-0.25, -0.2) is 0 Å². The molecular formula is C25H41OP. The van der Waals surface area contributed by atoms with Gasteiger partial charge >= 0.3 is 0 Å². The Bertz CT molecular complexity index is 669. The summed E-state index contributed by atoms with van der Waals surface area (Å²) in [5.41, 5.74) is 4.34. The fraction of sp³-hybridized carbons (Fsp3) is 0.760. The van der Waals surface area contributed by atoms with Gasteiger partial charge in [-0.15, -0.1) is 0 Å². The number of hydrogen-bond acceptors (Lipinski definition) is 1. The molecule has 1 aliphatic carbocycles. The molecule has 0 radical (unpaired) electrons. The van der Waals surface area contributed by atoms with Gasteiger partial charge in [-0.3, -0.25) is 0 Å². The molecule has 1 aromatic carbocycles. The second-order valence-corrected chi connectivity index (χ2v) is 14.2. The van der Waals surface area contributed by atoms with Crippen LogP contribution in [0.2, 0.25) is 0 Å². The first-order chi connectivity index (χ1) is 12.3. The summed E-state index contributed by atoms with van der Waals surface area (Å²) in [4.78, 5) is 0. The summed E-state index contributed by atoms with van der Waals surface area (Å²) in [5, 5.41) is 1.63. The summed E-state index contributed by atoms with van der Waals surface area (Å²) in [6.07, 6.45) is 4.25. The van der Waals surface area contributed by atoms with Crippen LogP contribution in [0.5, 0.6) is 5.75 Å². The van der Waals surface area contributed by atoms with Gasteiger partial charge in [0.25, 0.3) is 0 Å². The van der Waals surface area contributed by atoms with E-state index in [-0.39, 0.29) is 18.8 Å². The number of ether oxygens (including phenoxy) is 1. The van der Waals surface area contributed by atoms with E-state index in [0.29, 0.717) is 5.41 Å². The van der Waals surface area contributed by atoms with Gasteiger partial charge in [0.15, 0.2) is 0 Å². The summed E-state index contributed by atoms with van der Waals surface area (Å²) < 4.78 is 6.00. The highest BCUT2D eigenvalue weighted by molar-refractivity contribution is 7.66. The molecular weight excluding hydrogens is 347 g/mol. The van der Waals surface area contributed by atoms with Crippen LogP contribution in [0.15, 0.2) is 12.1 Å². The topological polar surface area (TPSA) is 9.23 Å². The van der Waals surface area contributed by atoms with Crippen molar-refractivity contribution in [2.75, 3.05) is 13.3 Å². The lowest BCUT2D eigenvalue weighted by Crippen LogP contribution is -2.28. The second-order valence-electron chi connectivity index (χ2n) is 11.8. The zero-order valence-corrected chi connectivity index (χ0v) is 20.3. The average Bonchev–Trinajstić information content (AvgIpc) is 3.03. The molecule has 1 saturated heterocycles. The van der Waals surface area contributed by atoms with E-state index in [4.69, 9.17) is 4.74 Å². The van der Waals surface area contributed by atoms with Crippen LogP contribution >= 0.6 is 7.92 Å². The first-order valence-corrected chi connectivity index (χ1v) is 12.4. The van der Waals surface area contributed by atoms with Crippen molar-refractivity contribution in [3.8, 4) is 5.75 Å². The van der Waals surface area contributed by atoms with Crippen LogP contribution in [0.3, 0.4) is 0 Å². The van der Waals surface area contributed by atoms with Gasteiger partial charge in [0.2, 0.25) is 0 Å². The maximum absolute atomic E-state index is 6.00. The standard InChI is InChI=1S/C25H41OP/c1-16-15-27(22-18(16)11-12-25(22,8)9)17-13-19(23(2,3)4)21(26-10)20(14-17)24(5,6)7/h13-14,16,18,22H,11-12,15H2,1-10H3/t16-,18+,22-,27?/m1/s1. The third-order valence-corrected chi connectivity index (χ3v) is 10.7. The van der Waals surface area contributed by atoms with E-state index in [1.165, 1.54) is 30.1 Å². The van der Waals surface area contributed by atoms with Gasteiger partial charge in [-0.2, -0.15) is 0 Å². The van der Waals surface area contributed by atoms with Crippen LogP contribution in [0.25, 0.3) is 0 Å². The molecule has 0 aromatic heterocycles. The van der Waals surface area contributed by atoms with Gasteiger partial charge in [0.05, 0.1) is 7.11 Å². The zero-order chi connectivity index (χ0) is 20.4. The molecule has 0 N–H and O–H groups in total. The Morgan fingerprint density at radius 2 is 1.52 bits per heavy atom. The van der Waals surface area contributed by atoms with Crippen molar-refractivity contribution < 1.29 is 4.74 Å². The fourth-order valence-electron chi connectivity index (χ4n) is 5.61. The van der Waals surface area contributed by atoms with E-state index in [0.717, 1.165) is 23.2 Å². The van der Waals surface area contributed by atoms with Gasteiger partial charge < -0.3 is 4.74 Å². The molecule has 4 atom stereocenters. The summed E-state index contributed by atoms with van der Waals surface area (Å²) >= 11 is 0. The maximum Gasteiger partial charge on any atom is 0.126 e. The van der Waals surface area contributed by atoms with Crippen molar-refractivity contribution >= 4 is 13.2 Å². The largest absolute Gasteiger partial charge is 0.496 e. The molecule has 0 bridgehead atoms. The minimum Gasteiger partial charge on any atom is -0.496 e. The minimum absolute atomic E-state index is 0.0899. The van der Waals surface area contributed by atoms with Crippen LogP contribution < -0.4 is 10.0 Å². The second kappa shape index (κ2) is 6.76. The van der Waals surface area contributed by atoms with Crippen LogP contribution in [-0.2, 0) is 10.8 Å². The Morgan fingerprint density at radius 3 is 1.96 bits per heavy atom. The van der Waals surface area contributed by atoms with E-state index >= 15 is 0 Å². The van der Waals surface area contributed by atoms with E-state index in [1.54, 1.807) is 5.30 Å². The molecule has 1 aromatic rings. The maximum atomic E-state index is 6.00. The van der Waals surface area contributed by atoms with Gasteiger partial charge in [0, 0.05) is 11.1 Å². The zero-order valence-electron chi connectivity index (χ0n) is 19.4. The summed E-state index contributed by atoms with van der Waals surface area (Å²) in [5.74, 6) is 2.92. The van der Waals surface area contributed by atoms with E-state index in [1.807, 2.05) is 7.11 Å². The molecule has 2 aliphatic rings. The molecule has 1 heterocycles. The van der Waals surface area contributed by atoms with E-state index in [2.05, 4.69) is 74.4 Å². The Labute approximate surface area is 169 Å². The van der Waals surface area contributed by atoms with E-state index in [9.17, 15) is 0 Å². The number of benzene rings is 1. The third kappa shape index (κ3) is 3.71. The molecule has 1 nitrogen and oxygen atoms in total. The predicted molar refractivity (Wildman–Crippen MR) is 121 cm³/mol. The molecule has 1 unspecified atom stereocenters. The summed E-state index contributed by atoms with van der Waals surface area (Å²) in [7, 11) is 1.74. The first-order valence-electron chi connectivity index (χ1n) is 10.8. The molecule has 1 aliphatic heterocycles. The normalized spacial score (nSPS) is 30.4. The average molecular weight is 389 g/mol. The minimum atomic E-state index is -0.108. The Morgan fingerprint density at radius 1 is 1.00 bits per heavy atom. The van der Waals surface area contributed by atoms with Gasteiger partial charge in [-0.05, 0) is 70.2 Å².